The van der Waals surface area contributed by atoms with E-state index in [0.29, 0.717) is 11.3 Å². The molecule has 1 aliphatic heterocycles. The molecule has 1 aliphatic rings. The van der Waals surface area contributed by atoms with Crippen molar-refractivity contribution >= 4 is 29.1 Å². The van der Waals surface area contributed by atoms with E-state index in [9.17, 15) is 14.0 Å². The predicted octanol–water partition coefficient (Wildman–Crippen LogP) is 4.05. The van der Waals surface area contributed by atoms with Gasteiger partial charge in [-0.3, -0.25) is 19.9 Å². The van der Waals surface area contributed by atoms with Crippen molar-refractivity contribution in [3.05, 3.63) is 57.5 Å². The van der Waals surface area contributed by atoms with Gasteiger partial charge in [-0.25, -0.2) is 4.39 Å². The lowest BCUT2D eigenvalue weighted by Crippen LogP contribution is -2.62. The zero-order valence-corrected chi connectivity index (χ0v) is 18.4. The highest BCUT2D eigenvalue weighted by Gasteiger charge is 2.40. The topological polar surface area (TPSA) is 85.3 Å². The average Bonchev–Trinajstić information content (AvgIpc) is 3.14. The Kier molecular flexibility index (Phi) is 6.26. The first kappa shape index (κ1) is 22.0. The van der Waals surface area contributed by atoms with Crippen LogP contribution in [-0.2, 0) is 11.3 Å². The van der Waals surface area contributed by atoms with E-state index in [1.807, 2.05) is 33.1 Å². The molecule has 0 bridgehead atoms. The number of hydrogen-bond acceptors (Lipinski definition) is 4. The van der Waals surface area contributed by atoms with Gasteiger partial charge < -0.3 is 10.6 Å². The maximum atomic E-state index is 13.1. The Hall–Kier alpha value is -2.74. The summed E-state index contributed by atoms with van der Waals surface area (Å²) in [6.07, 6.45) is 0.319. The van der Waals surface area contributed by atoms with Crippen LogP contribution in [0.1, 0.15) is 61.0 Å². The quantitative estimate of drug-likeness (QED) is 0.646. The summed E-state index contributed by atoms with van der Waals surface area (Å²) in [5.41, 5.74) is 1.18. The highest BCUT2D eigenvalue weighted by Crippen LogP contribution is 2.27. The third-order valence-corrected chi connectivity index (χ3v) is 6.68. The maximum Gasteiger partial charge on any atom is 0.261 e. The molecule has 8 heteroatoms. The lowest BCUT2D eigenvalue weighted by molar-refractivity contribution is -0.131. The lowest BCUT2D eigenvalue weighted by Gasteiger charge is -2.43. The molecule has 2 atom stereocenters. The molecule has 6 nitrogen and oxygen atoms in total. The Labute approximate surface area is 180 Å². The highest BCUT2D eigenvalue weighted by molar-refractivity contribution is 7.12. The fourth-order valence-electron chi connectivity index (χ4n) is 3.29. The molecule has 1 aromatic carbocycles. The van der Waals surface area contributed by atoms with Crippen LogP contribution >= 0.6 is 11.3 Å². The van der Waals surface area contributed by atoms with Crippen molar-refractivity contribution in [3.8, 4) is 0 Å². The number of benzene rings is 1. The van der Waals surface area contributed by atoms with E-state index in [1.165, 1.54) is 28.4 Å². The van der Waals surface area contributed by atoms with Crippen molar-refractivity contribution in [1.82, 2.24) is 15.5 Å². The molecule has 1 saturated heterocycles. The summed E-state index contributed by atoms with van der Waals surface area (Å²) in [6.45, 7) is 8.09. The normalized spacial score (nSPS) is 20.3. The standard InChI is InChI=1S/C22H27FN4O2S/c1-13(2)22(4)10-19(28)27(21(24)26-22)11-15-9-18(30-12-15)20(29)25-14(3)16-5-7-17(23)8-6-16/h5-9,12-14H,10-11H2,1-4H3,(H2,24,26)(H,25,29)/t14-,22-/m0/s1. The fourth-order valence-corrected chi connectivity index (χ4v) is 4.10. The summed E-state index contributed by atoms with van der Waals surface area (Å²) in [7, 11) is 0. The minimum atomic E-state index is -0.430. The summed E-state index contributed by atoms with van der Waals surface area (Å²) in [5.74, 6) is -0.347. The van der Waals surface area contributed by atoms with Crippen LogP contribution in [0.5, 0.6) is 0 Å². The SMILES string of the molecule is CC(C)[C@]1(C)CC(=O)N(Cc2csc(C(=O)N[C@@H](C)c3ccc(F)cc3)c2)C(=N)N1. The molecule has 0 radical (unpaired) electrons. The summed E-state index contributed by atoms with van der Waals surface area (Å²) < 4.78 is 13.1. The van der Waals surface area contributed by atoms with Gasteiger partial charge in [0.05, 0.1) is 23.9 Å². The van der Waals surface area contributed by atoms with E-state index in [0.717, 1.165) is 11.1 Å². The van der Waals surface area contributed by atoms with E-state index in [-0.39, 0.29) is 42.1 Å². The number of hydrogen-bond donors (Lipinski definition) is 3. The van der Waals surface area contributed by atoms with Gasteiger partial charge in [-0.05, 0) is 54.5 Å². The van der Waals surface area contributed by atoms with Crippen molar-refractivity contribution in [3.63, 3.8) is 0 Å². The molecular weight excluding hydrogens is 403 g/mol. The minimum absolute atomic E-state index is 0.0876. The van der Waals surface area contributed by atoms with E-state index in [2.05, 4.69) is 10.6 Å². The Morgan fingerprint density at radius 2 is 2.00 bits per heavy atom. The third-order valence-electron chi connectivity index (χ3n) is 5.70. The van der Waals surface area contributed by atoms with Crippen molar-refractivity contribution in [1.29, 1.82) is 5.41 Å². The zero-order valence-electron chi connectivity index (χ0n) is 17.6. The Morgan fingerprint density at radius 1 is 1.33 bits per heavy atom. The summed E-state index contributed by atoms with van der Waals surface area (Å²) in [5, 5.41) is 16.1. The highest BCUT2D eigenvalue weighted by atomic mass is 32.1. The summed E-state index contributed by atoms with van der Waals surface area (Å²) in [4.78, 5) is 27.2. The van der Waals surface area contributed by atoms with Gasteiger partial charge in [-0.1, -0.05) is 26.0 Å². The maximum absolute atomic E-state index is 13.1. The first-order chi connectivity index (χ1) is 14.1. The predicted molar refractivity (Wildman–Crippen MR) is 116 cm³/mol. The first-order valence-corrected chi connectivity index (χ1v) is 10.8. The van der Waals surface area contributed by atoms with E-state index in [1.54, 1.807) is 18.2 Å². The molecule has 1 fully saturated rings. The Bertz CT molecular complexity index is 936. The monoisotopic (exact) mass is 430 g/mol. The molecule has 2 amide bonds. The second-order valence-corrected chi connectivity index (χ2v) is 9.18. The number of nitrogens with zero attached hydrogens (tertiary/aromatic N) is 1. The molecule has 3 N–H and O–H groups in total. The van der Waals surface area contributed by atoms with Gasteiger partial charge >= 0.3 is 0 Å². The van der Waals surface area contributed by atoms with Crippen molar-refractivity contribution in [2.45, 2.75) is 52.2 Å². The molecular formula is C22H27FN4O2S. The molecule has 2 heterocycles. The Morgan fingerprint density at radius 3 is 2.60 bits per heavy atom. The molecule has 2 aromatic rings. The number of nitrogens with one attached hydrogen (secondary N) is 3. The molecule has 1 aromatic heterocycles. The summed E-state index contributed by atoms with van der Waals surface area (Å²) in [6, 6.07) is 7.50. The van der Waals surface area contributed by atoms with Crippen molar-refractivity contribution < 1.29 is 14.0 Å². The van der Waals surface area contributed by atoms with Crippen LogP contribution in [-0.4, -0.2) is 28.2 Å². The third kappa shape index (κ3) is 4.70. The van der Waals surface area contributed by atoms with E-state index < -0.39 is 5.54 Å². The van der Waals surface area contributed by atoms with Gasteiger partial charge in [0.1, 0.15) is 5.82 Å². The van der Waals surface area contributed by atoms with Gasteiger partial charge in [-0.15, -0.1) is 11.3 Å². The number of carbonyl (C=O) groups is 2. The van der Waals surface area contributed by atoms with Crippen LogP contribution in [0.2, 0.25) is 0 Å². The first-order valence-electron chi connectivity index (χ1n) is 9.90. The Balaban J connectivity index is 1.63. The smallest absolute Gasteiger partial charge is 0.261 e. The van der Waals surface area contributed by atoms with Gasteiger partial charge in [0, 0.05) is 5.54 Å². The van der Waals surface area contributed by atoms with Gasteiger partial charge in [0.25, 0.3) is 5.91 Å². The number of amides is 2. The lowest BCUT2D eigenvalue weighted by atomic mass is 9.83. The van der Waals surface area contributed by atoms with Crippen LogP contribution in [0, 0.1) is 17.1 Å². The molecule has 30 heavy (non-hydrogen) atoms. The van der Waals surface area contributed by atoms with Crippen LogP contribution < -0.4 is 10.6 Å². The fraction of sp³-hybridized carbons (Fsp3) is 0.409. The van der Waals surface area contributed by atoms with Gasteiger partial charge in [0.2, 0.25) is 5.91 Å². The number of halogens is 1. The number of guanidine groups is 1. The largest absolute Gasteiger partial charge is 0.350 e. The number of carbonyl (C=O) groups excluding carboxylic acids is 2. The second-order valence-electron chi connectivity index (χ2n) is 8.27. The van der Waals surface area contributed by atoms with E-state index in [4.69, 9.17) is 5.41 Å². The van der Waals surface area contributed by atoms with Gasteiger partial charge in [0.15, 0.2) is 5.96 Å². The molecule has 0 aliphatic carbocycles. The van der Waals surface area contributed by atoms with Crippen molar-refractivity contribution in [2.75, 3.05) is 0 Å². The molecule has 0 unspecified atom stereocenters. The molecule has 160 valence electrons. The molecule has 0 spiro atoms. The van der Waals surface area contributed by atoms with E-state index >= 15 is 0 Å². The minimum Gasteiger partial charge on any atom is -0.350 e. The molecule has 0 saturated carbocycles. The number of thiophene rings is 1. The average molecular weight is 431 g/mol. The molecule has 3 rings (SSSR count). The van der Waals surface area contributed by atoms with Crippen LogP contribution in [0.15, 0.2) is 35.7 Å². The zero-order chi connectivity index (χ0) is 22.1. The van der Waals surface area contributed by atoms with Crippen LogP contribution in [0.25, 0.3) is 0 Å². The van der Waals surface area contributed by atoms with Crippen LogP contribution in [0.3, 0.4) is 0 Å². The van der Waals surface area contributed by atoms with Gasteiger partial charge in [-0.2, -0.15) is 0 Å². The number of rotatable bonds is 6. The summed E-state index contributed by atoms with van der Waals surface area (Å²) >= 11 is 1.29. The van der Waals surface area contributed by atoms with Crippen LogP contribution in [0.4, 0.5) is 4.39 Å². The van der Waals surface area contributed by atoms with Crippen molar-refractivity contribution in [2.24, 2.45) is 5.92 Å². The second kappa shape index (κ2) is 8.55.